The Balaban J connectivity index is 1.93. The molecule has 1 amide bonds. The van der Waals surface area contributed by atoms with E-state index in [0.29, 0.717) is 26.3 Å². The lowest BCUT2D eigenvalue weighted by Crippen LogP contribution is -2.39. The van der Waals surface area contributed by atoms with Gasteiger partial charge in [0.2, 0.25) is 5.91 Å². The van der Waals surface area contributed by atoms with Crippen molar-refractivity contribution < 1.29 is 19.4 Å². The van der Waals surface area contributed by atoms with Crippen molar-refractivity contribution in [3.63, 3.8) is 0 Å². The highest BCUT2D eigenvalue weighted by Crippen LogP contribution is 2.08. The van der Waals surface area contributed by atoms with E-state index in [1.54, 1.807) is 35.2 Å². The summed E-state index contributed by atoms with van der Waals surface area (Å²) in [6.45, 7) is 2.42. The zero-order chi connectivity index (χ0) is 14.4. The Bertz CT molecular complexity index is 501. The van der Waals surface area contributed by atoms with Crippen molar-refractivity contribution in [1.82, 2.24) is 4.90 Å². The van der Waals surface area contributed by atoms with Crippen molar-refractivity contribution in [2.75, 3.05) is 26.3 Å². The molecule has 1 aromatic carbocycles. The lowest BCUT2D eigenvalue weighted by Gasteiger charge is -2.25. The molecular formula is C15H17NO4. The van der Waals surface area contributed by atoms with Crippen molar-refractivity contribution in [2.24, 2.45) is 0 Å². The van der Waals surface area contributed by atoms with Crippen LogP contribution in [0.3, 0.4) is 0 Å². The fraction of sp³-hybridized carbons (Fsp3) is 0.333. The molecule has 106 valence electrons. The third-order valence-electron chi connectivity index (χ3n) is 3.08. The first-order chi connectivity index (χ1) is 9.65. The van der Waals surface area contributed by atoms with Gasteiger partial charge < -0.3 is 14.7 Å². The van der Waals surface area contributed by atoms with Crippen molar-refractivity contribution in [3.05, 3.63) is 41.5 Å². The number of carbonyl (C=O) groups is 2. The van der Waals surface area contributed by atoms with E-state index < -0.39 is 5.97 Å². The number of amides is 1. The molecule has 1 saturated heterocycles. The molecule has 0 bridgehead atoms. The zero-order valence-electron chi connectivity index (χ0n) is 11.1. The number of carboxylic acids is 1. The fourth-order valence-corrected chi connectivity index (χ4v) is 1.98. The van der Waals surface area contributed by atoms with Gasteiger partial charge in [0.1, 0.15) is 0 Å². The highest BCUT2D eigenvalue weighted by Gasteiger charge is 2.13. The standard InChI is InChI=1S/C15H17NO4/c17-14(16-7-9-20-10-8-16)6-5-12-1-3-13(4-2-12)11-15(18)19/h1-6H,7-11H2,(H,18,19). The smallest absolute Gasteiger partial charge is 0.307 e. The lowest BCUT2D eigenvalue weighted by molar-refractivity contribution is -0.136. The molecule has 0 spiro atoms. The van der Waals surface area contributed by atoms with Crippen LogP contribution in [-0.2, 0) is 20.7 Å². The Hall–Kier alpha value is -2.14. The molecule has 1 fully saturated rings. The third kappa shape index (κ3) is 4.20. The number of morpholine rings is 1. The first-order valence-corrected chi connectivity index (χ1v) is 6.50. The summed E-state index contributed by atoms with van der Waals surface area (Å²) in [6.07, 6.45) is 3.29. The van der Waals surface area contributed by atoms with Crippen LogP contribution in [0, 0.1) is 0 Å². The Kier molecular flexibility index (Phi) is 4.90. The number of hydrogen-bond acceptors (Lipinski definition) is 3. The van der Waals surface area contributed by atoms with Gasteiger partial charge in [-0.2, -0.15) is 0 Å². The topological polar surface area (TPSA) is 66.8 Å². The molecular weight excluding hydrogens is 258 g/mol. The molecule has 5 heteroatoms. The second-order valence-electron chi connectivity index (χ2n) is 4.58. The molecule has 0 unspecified atom stereocenters. The van der Waals surface area contributed by atoms with Crippen molar-refractivity contribution in [2.45, 2.75) is 6.42 Å². The van der Waals surface area contributed by atoms with E-state index in [-0.39, 0.29) is 12.3 Å². The molecule has 0 radical (unpaired) electrons. The monoisotopic (exact) mass is 275 g/mol. The van der Waals surface area contributed by atoms with Gasteiger partial charge in [-0.05, 0) is 17.2 Å². The minimum absolute atomic E-state index is 0.0106. The number of ether oxygens (including phenoxy) is 1. The van der Waals surface area contributed by atoms with E-state index in [1.165, 1.54) is 6.08 Å². The molecule has 1 aliphatic heterocycles. The summed E-state index contributed by atoms with van der Waals surface area (Å²) in [7, 11) is 0. The molecule has 0 aliphatic carbocycles. The van der Waals surface area contributed by atoms with Gasteiger partial charge in [0, 0.05) is 19.2 Å². The second kappa shape index (κ2) is 6.86. The Labute approximate surface area is 117 Å². The zero-order valence-corrected chi connectivity index (χ0v) is 11.1. The van der Waals surface area contributed by atoms with Gasteiger partial charge in [-0.1, -0.05) is 24.3 Å². The van der Waals surface area contributed by atoms with Crippen molar-refractivity contribution in [1.29, 1.82) is 0 Å². The Morgan fingerprint density at radius 1 is 1.20 bits per heavy atom. The maximum absolute atomic E-state index is 11.9. The second-order valence-corrected chi connectivity index (χ2v) is 4.58. The Morgan fingerprint density at radius 3 is 2.45 bits per heavy atom. The first-order valence-electron chi connectivity index (χ1n) is 6.50. The van der Waals surface area contributed by atoms with Crippen LogP contribution in [-0.4, -0.2) is 48.2 Å². The van der Waals surface area contributed by atoms with Gasteiger partial charge in [0.25, 0.3) is 0 Å². The van der Waals surface area contributed by atoms with E-state index in [2.05, 4.69) is 0 Å². The maximum atomic E-state index is 11.9. The quantitative estimate of drug-likeness (QED) is 0.838. The number of rotatable bonds is 4. The van der Waals surface area contributed by atoms with Gasteiger partial charge in [-0.25, -0.2) is 0 Å². The van der Waals surface area contributed by atoms with E-state index in [1.807, 2.05) is 0 Å². The van der Waals surface area contributed by atoms with Crippen LogP contribution < -0.4 is 0 Å². The number of hydrogen-bond donors (Lipinski definition) is 1. The molecule has 0 atom stereocenters. The number of aliphatic carboxylic acids is 1. The minimum Gasteiger partial charge on any atom is -0.481 e. The van der Waals surface area contributed by atoms with Crippen LogP contribution >= 0.6 is 0 Å². The van der Waals surface area contributed by atoms with Gasteiger partial charge in [0.05, 0.1) is 19.6 Å². The molecule has 1 heterocycles. The Morgan fingerprint density at radius 2 is 1.85 bits per heavy atom. The summed E-state index contributed by atoms with van der Waals surface area (Å²) in [5.41, 5.74) is 1.62. The van der Waals surface area contributed by atoms with Gasteiger partial charge >= 0.3 is 5.97 Å². The van der Waals surface area contributed by atoms with Crippen molar-refractivity contribution in [3.8, 4) is 0 Å². The summed E-state index contributed by atoms with van der Waals surface area (Å²) < 4.78 is 5.19. The van der Waals surface area contributed by atoms with Crippen LogP contribution in [0.1, 0.15) is 11.1 Å². The molecule has 1 aromatic rings. The van der Waals surface area contributed by atoms with Crippen LogP contribution in [0.2, 0.25) is 0 Å². The molecule has 1 N–H and O–H groups in total. The van der Waals surface area contributed by atoms with E-state index in [0.717, 1.165) is 11.1 Å². The maximum Gasteiger partial charge on any atom is 0.307 e. The molecule has 0 aromatic heterocycles. The fourth-order valence-electron chi connectivity index (χ4n) is 1.98. The lowest BCUT2D eigenvalue weighted by atomic mass is 10.1. The van der Waals surface area contributed by atoms with Crippen molar-refractivity contribution >= 4 is 18.0 Å². The minimum atomic E-state index is -0.851. The molecule has 1 aliphatic rings. The summed E-state index contributed by atoms with van der Waals surface area (Å²) in [5.74, 6) is -0.876. The number of nitrogens with zero attached hydrogens (tertiary/aromatic N) is 1. The van der Waals surface area contributed by atoms with Gasteiger partial charge in [0.15, 0.2) is 0 Å². The number of carboxylic acid groups (broad SMARTS) is 1. The molecule has 0 saturated carbocycles. The van der Waals surface area contributed by atoms with Crippen LogP contribution in [0.15, 0.2) is 30.3 Å². The molecule has 20 heavy (non-hydrogen) atoms. The summed E-state index contributed by atoms with van der Waals surface area (Å²) in [4.78, 5) is 24.2. The average Bonchev–Trinajstić information content (AvgIpc) is 2.46. The van der Waals surface area contributed by atoms with Crippen LogP contribution in [0.25, 0.3) is 6.08 Å². The summed E-state index contributed by atoms with van der Waals surface area (Å²) in [5, 5.41) is 8.68. The highest BCUT2D eigenvalue weighted by molar-refractivity contribution is 5.91. The predicted molar refractivity (Wildman–Crippen MR) is 74.2 cm³/mol. The van der Waals surface area contributed by atoms with Crippen LogP contribution in [0.4, 0.5) is 0 Å². The van der Waals surface area contributed by atoms with Crippen LogP contribution in [0.5, 0.6) is 0 Å². The average molecular weight is 275 g/mol. The van der Waals surface area contributed by atoms with E-state index in [4.69, 9.17) is 9.84 Å². The van der Waals surface area contributed by atoms with Gasteiger partial charge in [-0.3, -0.25) is 9.59 Å². The molecule has 5 nitrogen and oxygen atoms in total. The predicted octanol–water partition coefficient (Wildman–Crippen LogP) is 1.19. The van der Waals surface area contributed by atoms with Gasteiger partial charge in [-0.15, -0.1) is 0 Å². The largest absolute Gasteiger partial charge is 0.481 e. The third-order valence-corrected chi connectivity index (χ3v) is 3.08. The number of carbonyl (C=O) groups excluding carboxylic acids is 1. The summed E-state index contributed by atoms with van der Waals surface area (Å²) in [6, 6.07) is 7.13. The first kappa shape index (κ1) is 14.3. The number of benzene rings is 1. The van der Waals surface area contributed by atoms with E-state index in [9.17, 15) is 9.59 Å². The summed E-state index contributed by atoms with van der Waals surface area (Å²) >= 11 is 0. The highest BCUT2D eigenvalue weighted by atomic mass is 16.5. The molecule has 2 rings (SSSR count). The SMILES string of the molecule is O=C(O)Cc1ccc(C=CC(=O)N2CCOCC2)cc1. The normalized spacial score (nSPS) is 15.5. The van der Waals surface area contributed by atoms with E-state index >= 15 is 0 Å².